The largest absolute Gasteiger partial charge is 0.491 e. The van der Waals surface area contributed by atoms with Crippen molar-refractivity contribution in [2.75, 3.05) is 31.5 Å². The minimum absolute atomic E-state index is 0. The van der Waals surface area contributed by atoms with Gasteiger partial charge < -0.3 is 24.3 Å². The summed E-state index contributed by atoms with van der Waals surface area (Å²) in [5.74, 6) is -0.746. The molecule has 5 aromatic rings. The molecule has 1 aliphatic rings. The summed E-state index contributed by atoms with van der Waals surface area (Å²) >= 11 is 0. The monoisotopic (exact) mass is 725 g/mol. The highest BCUT2D eigenvalue weighted by Crippen LogP contribution is 2.31. The molecular formula is C37H36ClF4N5O4. The molecule has 1 saturated heterocycles. The predicted molar refractivity (Wildman–Crippen MR) is 187 cm³/mol. The van der Waals surface area contributed by atoms with Crippen LogP contribution in [0.25, 0.3) is 10.9 Å². The summed E-state index contributed by atoms with van der Waals surface area (Å²) < 4.78 is 66.2. The second-order valence-electron chi connectivity index (χ2n) is 12.3. The van der Waals surface area contributed by atoms with Crippen LogP contribution in [0.15, 0.2) is 85.1 Å². The number of aryl methyl sites for hydroxylation is 1. The van der Waals surface area contributed by atoms with Gasteiger partial charge in [0.25, 0.3) is 11.8 Å². The zero-order chi connectivity index (χ0) is 35.6. The molecule has 0 aliphatic carbocycles. The van der Waals surface area contributed by atoms with Crippen molar-refractivity contribution in [3.8, 4) is 17.4 Å². The smallest absolute Gasteiger partial charge is 0.416 e. The van der Waals surface area contributed by atoms with Gasteiger partial charge in [-0.2, -0.15) is 13.2 Å². The summed E-state index contributed by atoms with van der Waals surface area (Å²) in [6, 6.07) is 20.0. The van der Waals surface area contributed by atoms with Gasteiger partial charge in [0.1, 0.15) is 23.0 Å². The molecule has 3 heterocycles. The summed E-state index contributed by atoms with van der Waals surface area (Å²) in [4.78, 5) is 34.4. The van der Waals surface area contributed by atoms with Crippen molar-refractivity contribution < 1.29 is 36.6 Å². The molecule has 51 heavy (non-hydrogen) atoms. The van der Waals surface area contributed by atoms with E-state index in [2.05, 4.69) is 27.3 Å². The van der Waals surface area contributed by atoms with Gasteiger partial charge in [-0.1, -0.05) is 12.1 Å². The van der Waals surface area contributed by atoms with E-state index in [-0.39, 0.29) is 42.1 Å². The summed E-state index contributed by atoms with van der Waals surface area (Å²) in [6.45, 7) is 7.56. The number of nitrogens with zero attached hydrogens (tertiary/aromatic N) is 4. The fourth-order valence-electron chi connectivity index (χ4n) is 5.76. The molecular weight excluding hydrogens is 690 g/mol. The number of pyridine rings is 1. The van der Waals surface area contributed by atoms with Crippen LogP contribution >= 0.6 is 12.4 Å². The molecule has 2 aromatic heterocycles. The number of aromatic nitrogens is 2. The Morgan fingerprint density at radius 1 is 0.902 bits per heavy atom. The van der Waals surface area contributed by atoms with E-state index in [1.807, 2.05) is 54.6 Å². The lowest BCUT2D eigenvalue weighted by Crippen LogP contribution is -2.48. The molecule has 1 fully saturated rings. The van der Waals surface area contributed by atoms with Gasteiger partial charge in [0.2, 0.25) is 5.88 Å². The molecule has 0 unspecified atom stereocenters. The second-order valence-corrected chi connectivity index (χ2v) is 12.3. The van der Waals surface area contributed by atoms with E-state index in [1.165, 1.54) is 23.9 Å². The Bertz CT molecular complexity index is 2010. The van der Waals surface area contributed by atoms with E-state index in [1.54, 1.807) is 12.1 Å². The third-order valence-corrected chi connectivity index (χ3v) is 8.35. The number of alkyl halides is 3. The first-order valence-electron chi connectivity index (χ1n) is 16.0. The van der Waals surface area contributed by atoms with Crippen LogP contribution in [0, 0.1) is 5.82 Å². The summed E-state index contributed by atoms with van der Waals surface area (Å²) in [6.07, 6.45) is -3.32. The molecule has 0 spiro atoms. The van der Waals surface area contributed by atoms with Crippen molar-refractivity contribution in [2.45, 2.75) is 32.7 Å². The molecule has 1 N–H and O–H groups in total. The van der Waals surface area contributed by atoms with Crippen LogP contribution in [-0.2, 0) is 19.8 Å². The molecule has 14 heteroatoms. The number of benzene rings is 3. The number of rotatable bonds is 9. The van der Waals surface area contributed by atoms with Crippen LogP contribution in [0.1, 0.15) is 45.8 Å². The molecule has 0 atom stereocenters. The molecule has 1 aliphatic heterocycles. The number of hydrogen-bond acceptors (Lipinski definition) is 6. The highest BCUT2D eigenvalue weighted by atomic mass is 35.5. The maximum absolute atomic E-state index is 14.2. The second kappa shape index (κ2) is 15.4. The molecule has 268 valence electrons. The van der Waals surface area contributed by atoms with E-state index >= 15 is 0 Å². The number of amides is 2. The molecule has 2 amide bonds. The van der Waals surface area contributed by atoms with Crippen LogP contribution in [-0.4, -0.2) is 63.4 Å². The number of carbonyl (C=O) groups excluding carboxylic acids is 2. The van der Waals surface area contributed by atoms with E-state index < -0.39 is 29.0 Å². The molecule has 6 rings (SSSR count). The van der Waals surface area contributed by atoms with E-state index in [9.17, 15) is 27.2 Å². The standard InChI is InChI=1S/C37H35F4N5O4.ClH/c1-23(2)49-28-9-4-24(5-10-28)22-45-14-16-46(17-15-45)36(48)33-18-25-6-11-29(20-32(25)44(33)3)50-34-13-8-27(21-42-34)43-35(47)30-12-7-26(19-31(30)38)37(39,40)41;/h4-13,18-21,23H,14-17,22H2,1-3H3,(H,43,47);1H. The van der Waals surface area contributed by atoms with Crippen LogP contribution in [0.4, 0.5) is 23.2 Å². The third kappa shape index (κ3) is 8.78. The number of fused-ring (bicyclic) bond motifs is 1. The number of ether oxygens (including phenoxy) is 2. The van der Waals surface area contributed by atoms with E-state index in [4.69, 9.17) is 9.47 Å². The molecule has 9 nitrogen and oxygen atoms in total. The van der Waals surface area contributed by atoms with Gasteiger partial charge in [0, 0.05) is 57.3 Å². The minimum Gasteiger partial charge on any atom is -0.491 e. The first kappa shape index (κ1) is 37.1. The van der Waals surface area contributed by atoms with Crippen molar-refractivity contribution in [3.05, 3.63) is 113 Å². The summed E-state index contributed by atoms with van der Waals surface area (Å²) in [7, 11) is 1.83. The number of carbonyl (C=O) groups is 2. The van der Waals surface area contributed by atoms with Crippen molar-refractivity contribution in [1.82, 2.24) is 19.4 Å². The average Bonchev–Trinajstić information content (AvgIpc) is 3.41. The first-order valence-corrected chi connectivity index (χ1v) is 16.0. The van der Waals surface area contributed by atoms with Gasteiger partial charge in [-0.15, -0.1) is 12.4 Å². The lowest BCUT2D eigenvalue weighted by molar-refractivity contribution is -0.137. The summed E-state index contributed by atoms with van der Waals surface area (Å²) in [5.41, 5.74) is 1.01. The zero-order valence-corrected chi connectivity index (χ0v) is 28.9. The Kier molecular flexibility index (Phi) is 11.2. The summed E-state index contributed by atoms with van der Waals surface area (Å²) in [5, 5.41) is 3.28. The molecule has 0 radical (unpaired) electrons. The average molecular weight is 726 g/mol. The SMILES string of the molecule is CC(C)Oc1ccc(CN2CCN(C(=O)c3cc4ccc(Oc5ccc(NC(=O)c6ccc(C(F)(F)F)cc6F)cn5)cc4n3C)CC2)cc1.Cl. The van der Waals surface area contributed by atoms with Crippen molar-refractivity contribution in [1.29, 1.82) is 0 Å². The first-order chi connectivity index (χ1) is 23.8. The van der Waals surface area contributed by atoms with Crippen LogP contribution in [0.5, 0.6) is 17.4 Å². The fourth-order valence-corrected chi connectivity index (χ4v) is 5.76. The normalized spacial score (nSPS) is 13.6. The highest BCUT2D eigenvalue weighted by molar-refractivity contribution is 6.04. The number of anilines is 1. The van der Waals surface area contributed by atoms with E-state index in [0.29, 0.717) is 30.6 Å². The van der Waals surface area contributed by atoms with Gasteiger partial charge in [-0.25, -0.2) is 9.37 Å². The van der Waals surface area contributed by atoms with Gasteiger partial charge in [0.15, 0.2) is 0 Å². The predicted octanol–water partition coefficient (Wildman–Crippen LogP) is 7.94. The molecule has 0 saturated carbocycles. The number of hydrogen-bond donors (Lipinski definition) is 1. The number of nitrogens with one attached hydrogen (secondary N) is 1. The number of piperazine rings is 1. The van der Waals surface area contributed by atoms with Gasteiger partial charge >= 0.3 is 6.18 Å². The van der Waals surface area contributed by atoms with Gasteiger partial charge in [-0.05, 0) is 74.0 Å². The Balaban J connectivity index is 0.00000504. The van der Waals surface area contributed by atoms with Crippen molar-refractivity contribution >= 4 is 40.8 Å². The lowest BCUT2D eigenvalue weighted by atomic mass is 10.1. The molecule has 3 aromatic carbocycles. The quantitative estimate of drug-likeness (QED) is 0.155. The minimum atomic E-state index is -4.73. The topological polar surface area (TPSA) is 88.9 Å². The maximum Gasteiger partial charge on any atom is 0.416 e. The van der Waals surface area contributed by atoms with Crippen molar-refractivity contribution in [2.24, 2.45) is 7.05 Å². The van der Waals surface area contributed by atoms with Crippen LogP contribution in [0.3, 0.4) is 0 Å². The van der Waals surface area contributed by atoms with E-state index in [0.717, 1.165) is 42.4 Å². The zero-order valence-electron chi connectivity index (χ0n) is 28.0. The highest BCUT2D eigenvalue weighted by Gasteiger charge is 2.32. The number of halogens is 5. The van der Waals surface area contributed by atoms with Crippen LogP contribution in [0.2, 0.25) is 0 Å². The van der Waals surface area contributed by atoms with Crippen LogP contribution < -0.4 is 14.8 Å². The maximum atomic E-state index is 14.2. The lowest BCUT2D eigenvalue weighted by Gasteiger charge is -2.34. The van der Waals surface area contributed by atoms with Crippen molar-refractivity contribution in [3.63, 3.8) is 0 Å². The molecule has 0 bridgehead atoms. The Morgan fingerprint density at radius 3 is 2.24 bits per heavy atom. The van der Waals surface area contributed by atoms with Gasteiger partial charge in [-0.3, -0.25) is 14.5 Å². The Morgan fingerprint density at radius 2 is 1.61 bits per heavy atom. The Hall–Kier alpha value is -5.14. The fraction of sp³-hybridized carbons (Fsp3) is 0.270. The Labute approximate surface area is 298 Å². The third-order valence-electron chi connectivity index (χ3n) is 8.35. The van der Waals surface area contributed by atoms with Gasteiger partial charge in [0.05, 0.1) is 34.6 Å².